The molecule has 1 heterocycles. The molecule has 0 bridgehead atoms. The number of nitrogens with zero attached hydrogens (tertiary/aromatic N) is 2. The highest BCUT2D eigenvalue weighted by Gasteiger charge is 2.38. The maximum Gasteiger partial charge on any atom is 0.331 e. The zero-order valence-electron chi connectivity index (χ0n) is 20.6. The number of aromatic nitrogens is 2. The average molecular weight is 455 g/mol. The Hall–Kier alpha value is -2.63. The van der Waals surface area contributed by atoms with E-state index in [0.29, 0.717) is 36.5 Å². The van der Waals surface area contributed by atoms with E-state index in [9.17, 15) is 9.59 Å². The summed E-state index contributed by atoms with van der Waals surface area (Å²) in [5.74, 6) is 1.16. The molecule has 5 atom stereocenters. The molecule has 0 fully saturated rings. The zero-order valence-corrected chi connectivity index (χ0v) is 20.6. The summed E-state index contributed by atoms with van der Waals surface area (Å²) >= 11 is 0. The summed E-state index contributed by atoms with van der Waals surface area (Å²) in [5.41, 5.74) is 2.08. The average Bonchev–Trinajstić information content (AvgIpc) is 3.16. The summed E-state index contributed by atoms with van der Waals surface area (Å²) in [6.07, 6.45) is 16.9. The van der Waals surface area contributed by atoms with Gasteiger partial charge in [0.25, 0.3) is 0 Å². The monoisotopic (exact) mass is 454 g/mol. The Bertz CT molecular complexity index is 911. The van der Waals surface area contributed by atoms with Crippen LogP contribution in [0.25, 0.3) is 6.08 Å². The van der Waals surface area contributed by atoms with Crippen molar-refractivity contribution in [2.45, 2.75) is 72.0 Å². The number of fused-ring (bicyclic) bond motifs is 1. The van der Waals surface area contributed by atoms with E-state index in [1.165, 1.54) is 18.6 Å². The van der Waals surface area contributed by atoms with Gasteiger partial charge in [-0.15, -0.1) is 0 Å². The standard InChI is InChI=1S/C27H38N2O4/c1-18(2)24-12-10-19(3)25-14-23(33-27(31)13-11-21-16-29(5)17-28-21)9-7-6-8-22(15-26(24)25)32-20(4)30/h6-7,10-11,13,16-18,22-26H,8-9,12,14-15H2,1-5H3/t22-,23+,24-,25+,26-/m1/s1. The third-order valence-corrected chi connectivity index (χ3v) is 6.97. The Kier molecular flexibility index (Phi) is 8.70. The molecule has 2 aliphatic rings. The second-order valence-corrected chi connectivity index (χ2v) is 9.86. The van der Waals surface area contributed by atoms with Gasteiger partial charge in [0.15, 0.2) is 0 Å². The van der Waals surface area contributed by atoms with Crippen LogP contribution in [0.2, 0.25) is 0 Å². The second-order valence-electron chi connectivity index (χ2n) is 9.86. The molecule has 3 rings (SSSR count). The van der Waals surface area contributed by atoms with E-state index in [2.05, 4.69) is 44.0 Å². The molecule has 0 aliphatic heterocycles. The van der Waals surface area contributed by atoms with E-state index in [1.807, 2.05) is 17.8 Å². The predicted octanol–water partition coefficient (Wildman–Crippen LogP) is 5.26. The number of rotatable bonds is 5. The van der Waals surface area contributed by atoms with E-state index in [1.54, 1.807) is 12.4 Å². The number of hydrogen-bond donors (Lipinski definition) is 0. The van der Waals surface area contributed by atoms with E-state index < -0.39 is 0 Å². The van der Waals surface area contributed by atoms with Crippen molar-refractivity contribution < 1.29 is 19.1 Å². The molecule has 0 amide bonds. The number of esters is 2. The van der Waals surface area contributed by atoms with Crippen LogP contribution in [0.3, 0.4) is 0 Å². The summed E-state index contributed by atoms with van der Waals surface area (Å²) in [7, 11) is 1.89. The van der Waals surface area contributed by atoms with Crippen molar-refractivity contribution in [3.8, 4) is 0 Å². The third-order valence-electron chi connectivity index (χ3n) is 6.97. The van der Waals surface area contributed by atoms with Gasteiger partial charge >= 0.3 is 11.9 Å². The second kappa shape index (κ2) is 11.5. The summed E-state index contributed by atoms with van der Waals surface area (Å²) in [5, 5.41) is 0. The van der Waals surface area contributed by atoms with E-state index >= 15 is 0 Å². The van der Waals surface area contributed by atoms with Crippen molar-refractivity contribution in [1.82, 2.24) is 9.55 Å². The quantitative estimate of drug-likeness (QED) is 0.345. The first-order chi connectivity index (χ1) is 15.7. The highest BCUT2D eigenvalue weighted by molar-refractivity contribution is 5.86. The molecule has 0 saturated carbocycles. The van der Waals surface area contributed by atoms with Gasteiger partial charge in [-0.1, -0.05) is 37.6 Å². The molecule has 2 aliphatic carbocycles. The number of aryl methyl sites for hydroxylation is 1. The van der Waals surface area contributed by atoms with Crippen molar-refractivity contribution in [2.24, 2.45) is 30.7 Å². The molecular formula is C27H38N2O4. The molecule has 0 N–H and O–H groups in total. The van der Waals surface area contributed by atoms with Crippen LogP contribution >= 0.6 is 0 Å². The van der Waals surface area contributed by atoms with Gasteiger partial charge in [0.1, 0.15) is 12.2 Å². The van der Waals surface area contributed by atoms with Crippen molar-refractivity contribution in [3.05, 3.63) is 48.1 Å². The van der Waals surface area contributed by atoms with Gasteiger partial charge in [-0.05, 0) is 55.9 Å². The van der Waals surface area contributed by atoms with Crippen LogP contribution < -0.4 is 0 Å². The van der Waals surface area contributed by atoms with Crippen LogP contribution in [0, 0.1) is 23.7 Å². The fourth-order valence-corrected chi connectivity index (χ4v) is 5.33. The highest BCUT2D eigenvalue weighted by Crippen LogP contribution is 2.44. The molecule has 0 aromatic carbocycles. The van der Waals surface area contributed by atoms with E-state index in [-0.39, 0.29) is 24.1 Å². The molecule has 6 nitrogen and oxygen atoms in total. The predicted molar refractivity (Wildman–Crippen MR) is 129 cm³/mol. The minimum Gasteiger partial charge on any atom is -0.462 e. The Morgan fingerprint density at radius 2 is 1.82 bits per heavy atom. The minimum absolute atomic E-state index is 0.112. The first-order valence-corrected chi connectivity index (χ1v) is 12.1. The fourth-order valence-electron chi connectivity index (χ4n) is 5.33. The van der Waals surface area contributed by atoms with Crippen molar-refractivity contribution in [2.75, 3.05) is 0 Å². The summed E-state index contributed by atoms with van der Waals surface area (Å²) in [6, 6.07) is 0. The first-order valence-electron chi connectivity index (χ1n) is 12.1. The van der Waals surface area contributed by atoms with Crippen molar-refractivity contribution in [3.63, 3.8) is 0 Å². The lowest BCUT2D eigenvalue weighted by atomic mass is 9.64. The topological polar surface area (TPSA) is 70.4 Å². The maximum atomic E-state index is 12.6. The number of ether oxygens (including phenoxy) is 2. The molecule has 1 aromatic heterocycles. The fraction of sp³-hybridized carbons (Fsp3) is 0.593. The molecule has 0 saturated heterocycles. The molecule has 0 spiro atoms. The van der Waals surface area contributed by atoms with Crippen molar-refractivity contribution >= 4 is 18.0 Å². The smallest absolute Gasteiger partial charge is 0.331 e. The number of hydrogen-bond acceptors (Lipinski definition) is 5. The molecule has 180 valence electrons. The lowest BCUT2D eigenvalue weighted by Crippen LogP contribution is -2.37. The molecule has 0 radical (unpaired) electrons. The lowest BCUT2D eigenvalue weighted by Gasteiger charge is -2.42. The van der Waals surface area contributed by atoms with Gasteiger partial charge in [-0.25, -0.2) is 9.78 Å². The largest absolute Gasteiger partial charge is 0.462 e. The lowest BCUT2D eigenvalue weighted by molar-refractivity contribution is -0.148. The third kappa shape index (κ3) is 7.18. The van der Waals surface area contributed by atoms with Gasteiger partial charge in [-0.2, -0.15) is 0 Å². The molecular weight excluding hydrogens is 416 g/mol. The number of allylic oxidation sites excluding steroid dienone is 2. The van der Waals surface area contributed by atoms with Crippen LogP contribution in [0.5, 0.6) is 0 Å². The van der Waals surface area contributed by atoms with Gasteiger partial charge in [0.05, 0.1) is 12.0 Å². The van der Waals surface area contributed by atoms with Crippen LogP contribution in [0.1, 0.15) is 65.5 Å². The summed E-state index contributed by atoms with van der Waals surface area (Å²) in [4.78, 5) is 28.5. The van der Waals surface area contributed by atoms with E-state index in [0.717, 1.165) is 25.0 Å². The van der Waals surface area contributed by atoms with E-state index in [4.69, 9.17) is 9.47 Å². The SMILES string of the molecule is CC(=O)O[C@@H]1CC=CC[C@H](OC(=O)C=Cc2cn(C)cn2)C[C@H]2C(C)=CC[C@H](C(C)C)[C@H]2C1. The van der Waals surface area contributed by atoms with Gasteiger partial charge in [0.2, 0.25) is 0 Å². The zero-order chi connectivity index (χ0) is 24.0. The number of imidazole rings is 1. The Morgan fingerprint density at radius 1 is 1.12 bits per heavy atom. The molecule has 1 aromatic rings. The maximum absolute atomic E-state index is 12.6. The Balaban J connectivity index is 1.79. The molecule has 0 unspecified atom stereocenters. The number of carbonyl (C=O) groups excluding carboxylic acids is 2. The molecule has 33 heavy (non-hydrogen) atoms. The first kappa shape index (κ1) is 25.0. The number of carbonyl (C=O) groups is 2. The van der Waals surface area contributed by atoms with Gasteiger partial charge in [-0.3, -0.25) is 4.79 Å². The Labute approximate surface area is 197 Å². The van der Waals surface area contributed by atoms with Crippen LogP contribution in [0.15, 0.2) is 42.4 Å². The Morgan fingerprint density at radius 3 is 2.42 bits per heavy atom. The van der Waals surface area contributed by atoms with Crippen LogP contribution in [-0.2, 0) is 26.1 Å². The summed E-state index contributed by atoms with van der Waals surface area (Å²) in [6.45, 7) is 8.22. The summed E-state index contributed by atoms with van der Waals surface area (Å²) < 4.78 is 13.4. The van der Waals surface area contributed by atoms with Gasteiger partial charge in [0, 0.05) is 39.1 Å². The molecule has 6 heteroatoms. The van der Waals surface area contributed by atoms with Crippen molar-refractivity contribution in [1.29, 1.82) is 0 Å². The normalized spacial score (nSPS) is 28.3. The van der Waals surface area contributed by atoms with Crippen LogP contribution in [-0.4, -0.2) is 33.7 Å². The highest BCUT2D eigenvalue weighted by atomic mass is 16.5. The van der Waals surface area contributed by atoms with Gasteiger partial charge < -0.3 is 14.0 Å². The minimum atomic E-state index is -0.344. The van der Waals surface area contributed by atoms with Crippen LogP contribution in [0.4, 0.5) is 0 Å².